The minimum absolute atomic E-state index is 0.295. The summed E-state index contributed by atoms with van der Waals surface area (Å²) in [6.07, 6.45) is 1.74. The maximum absolute atomic E-state index is 12.3. The standard InChI is InChI=1S/C16H18N4O4/c1-19-14-12(15(23)20(2)16(19)24)17-13(18-14)10-6-4-3-5-9(10)7-8-11(21)22/h3-8,12-14,17-18H,1-2H3,(H,21,22). The number of imide groups is 1. The summed E-state index contributed by atoms with van der Waals surface area (Å²) >= 11 is 0. The number of carboxylic acid groups (broad SMARTS) is 1. The molecule has 2 aliphatic heterocycles. The molecule has 2 heterocycles. The zero-order valence-electron chi connectivity index (χ0n) is 13.3. The number of rotatable bonds is 3. The molecule has 2 saturated heterocycles. The van der Waals surface area contributed by atoms with Crippen molar-refractivity contribution in [2.24, 2.45) is 0 Å². The van der Waals surface area contributed by atoms with Gasteiger partial charge in [-0.15, -0.1) is 0 Å². The average Bonchev–Trinajstić information content (AvgIpc) is 3.02. The van der Waals surface area contributed by atoms with Gasteiger partial charge in [-0.1, -0.05) is 24.3 Å². The Hall–Kier alpha value is -2.71. The average molecular weight is 330 g/mol. The summed E-state index contributed by atoms with van der Waals surface area (Å²) in [7, 11) is 3.09. The van der Waals surface area contributed by atoms with Crippen LogP contribution in [0.2, 0.25) is 0 Å². The predicted molar refractivity (Wildman–Crippen MR) is 85.6 cm³/mol. The molecule has 0 spiro atoms. The van der Waals surface area contributed by atoms with Crippen molar-refractivity contribution < 1.29 is 19.5 Å². The molecule has 8 nitrogen and oxygen atoms in total. The number of urea groups is 1. The molecule has 3 atom stereocenters. The number of hydrogen-bond donors (Lipinski definition) is 3. The van der Waals surface area contributed by atoms with Crippen LogP contribution < -0.4 is 10.6 Å². The second kappa shape index (κ2) is 6.06. The first-order chi connectivity index (χ1) is 11.4. The van der Waals surface area contributed by atoms with Crippen LogP contribution in [0.15, 0.2) is 30.3 Å². The van der Waals surface area contributed by atoms with E-state index in [9.17, 15) is 14.4 Å². The lowest BCUT2D eigenvalue weighted by Gasteiger charge is -2.37. The van der Waals surface area contributed by atoms with E-state index in [1.807, 2.05) is 18.2 Å². The highest BCUT2D eigenvalue weighted by Gasteiger charge is 2.48. The van der Waals surface area contributed by atoms with Crippen molar-refractivity contribution in [2.75, 3.05) is 14.1 Å². The monoisotopic (exact) mass is 330 g/mol. The highest BCUT2D eigenvalue weighted by atomic mass is 16.4. The van der Waals surface area contributed by atoms with Gasteiger partial charge in [0.2, 0.25) is 0 Å². The largest absolute Gasteiger partial charge is 0.478 e. The fourth-order valence-electron chi connectivity index (χ4n) is 3.05. The molecule has 1 aromatic carbocycles. The first kappa shape index (κ1) is 16.2. The van der Waals surface area contributed by atoms with E-state index in [1.165, 1.54) is 18.0 Å². The zero-order valence-corrected chi connectivity index (χ0v) is 13.3. The van der Waals surface area contributed by atoms with Crippen LogP contribution in [0.4, 0.5) is 4.79 Å². The molecule has 0 radical (unpaired) electrons. The van der Waals surface area contributed by atoms with Crippen molar-refractivity contribution in [3.63, 3.8) is 0 Å². The molecular weight excluding hydrogens is 312 g/mol. The van der Waals surface area contributed by atoms with Crippen molar-refractivity contribution in [3.05, 3.63) is 41.5 Å². The zero-order chi connectivity index (χ0) is 17.4. The first-order valence-corrected chi connectivity index (χ1v) is 7.46. The van der Waals surface area contributed by atoms with E-state index in [-0.39, 0.29) is 18.1 Å². The Morgan fingerprint density at radius 1 is 1.21 bits per heavy atom. The van der Waals surface area contributed by atoms with Crippen LogP contribution in [0.3, 0.4) is 0 Å². The smallest absolute Gasteiger partial charge is 0.328 e. The lowest BCUT2D eigenvalue weighted by Crippen LogP contribution is -2.64. The Bertz CT molecular complexity index is 733. The maximum Gasteiger partial charge on any atom is 0.328 e. The number of hydrogen-bond acceptors (Lipinski definition) is 5. The maximum atomic E-state index is 12.3. The molecule has 0 bridgehead atoms. The Balaban J connectivity index is 1.90. The summed E-state index contributed by atoms with van der Waals surface area (Å²) in [5.74, 6) is -1.33. The Kier molecular flexibility index (Phi) is 4.08. The van der Waals surface area contributed by atoms with E-state index in [1.54, 1.807) is 13.1 Å². The summed E-state index contributed by atoms with van der Waals surface area (Å²) in [5.41, 5.74) is 1.53. The lowest BCUT2D eigenvalue weighted by atomic mass is 10.0. The third-order valence-electron chi connectivity index (χ3n) is 4.31. The highest BCUT2D eigenvalue weighted by Crippen LogP contribution is 2.27. The van der Waals surface area contributed by atoms with Gasteiger partial charge in [0, 0.05) is 20.2 Å². The van der Waals surface area contributed by atoms with E-state index < -0.39 is 18.2 Å². The van der Waals surface area contributed by atoms with E-state index in [4.69, 9.17) is 5.11 Å². The number of carboxylic acids is 1. The summed E-state index contributed by atoms with van der Waals surface area (Å²) in [6, 6.07) is 6.36. The van der Waals surface area contributed by atoms with Crippen LogP contribution in [0.5, 0.6) is 0 Å². The molecule has 2 fully saturated rings. The van der Waals surface area contributed by atoms with Crippen LogP contribution >= 0.6 is 0 Å². The number of amides is 3. The fraction of sp³-hybridized carbons (Fsp3) is 0.312. The quantitative estimate of drug-likeness (QED) is 0.684. The Labute approximate surface area is 138 Å². The van der Waals surface area contributed by atoms with Gasteiger partial charge in [0.05, 0.1) is 6.17 Å². The van der Waals surface area contributed by atoms with Gasteiger partial charge in [0.15, 0.2) is 0 Å². The fourth-order valence-corrected chi connectivity index (χ4v) is 3.05. The predicted octanol–water partition coefficient (Wildman–Crippen LogP) is 0.194. The van der Waals surface area contributed by atoms with Gasteiger partial charge in [-0.05, 0) is 17.2 Å². The van der Waals surface area contributed by atoms with E-state index in [0.29, 0.717) is 0 Å². The molecule has 3 N–H and O–H groups in total. The van der Waals surface area contributed by atoms with Crippen molar-refractivity contribution in [1.82, 2.24) is 20.4 Å². The van der Waals surface area contributed by atoms with Gasteiger partial charge in [0.1, 0.15) is 12.2 Å². The Morgan fingerprint density at radius 3 is 2.62 bits per heavy atom. The van der Waals surface area contributed by atoms with Gasteiger partial charge in [-0.3, -0.25) is 20.3 Å². The molecule has 3 amide bonds. The minimum Gasteiger partial charge on any atom is -0.478 e. The molecule has 8 heteroatoms. The molecule has 126 valence electrons. The molecule has 0 aromatic heterocycles. The molecule has 24 heavy (non-hydrogen) atoms. The lowest BCUT2D eigenvalue weighted by molar-refractivity contribution is -0.133. The van der Waals surface area contributed by atoms with Crippen LogP contribution in [0.25, 0.3) is 6.08 Å². The number of nitrogens with zero attached hydrogens (tertiary/aromatic N) is 2. The van der Waals surface area contributed by atoms with Gasteiger partial charge in [-0.2, -0.15) is 0 Å². The molecule has 3 unspecified atom stereocenters. The van der Waals surface area contributed by atoms with Crippen molar-refractivity contribution >= 4 is 24.0 Å². The van der Waals surface area contributed by atoms with Crippen molar-refractivity contribution in [1.29, 1.82) is 0 Å². The van der Waals surface area contributed by atoms with Crippen LogP contribution in [-0.2, 0) is 9.59 Å². The summed E-state index contributed by atoms with van der Waals surface area (Å²) < 4.78 is 0. The summed E-state index contributed by atoms with van der Waals surface area (Å²) in [5, 5.41) is 15.2. The normalized spacial score (nSPS) is 27.0. The number of benzene rings is 1. The van der Waals surface area contributed by atoms with Crippen LogP contribution in [0.1, 0.15) is 17.3 Å². The molecule has 3 rings (SSSR count). The number of carbonyl (C=O) groups excluding carboxylic acids is 2. The molecule has 2 aliphatic rings. The second-order valence-corrected chi connectivity index (χ2v) is 5.78. The molecule has 1 aromatic rings. The molecule has 0 aliphatic carbocycles. The van der Waals surface area contributed by atoms with Gasteiger partial charge < -0.3 is 10.0 Å². The van der Waals surface area contributed by atoms with E-state index >= 15 is 0 Å². The van der Waals surface area contributed by atoms with Crippen LogP contribution in [-0.4, -0.2) is 59.1 Å². The highest BCUT2D eigenvalue weighted by molar-refractivity contribution is 6.00. The van der Waals surface area contributed by atoms with Crippen molar-refractivity contribution in [3.8, 4) is 0 Å². The van der Waals surface area contributed by atoms with Gasteiger partial charge >= 0.3 is 12.0 Å². The third-order valence-corrected chi connectivity index (χ3v) is 4.31. The van der Waals surface area contributed by atoms with Gasteiger partial charge in [-0.25, -0.2) is 9.59 Å². The number of aliphatic carboxylic acids is 1. The Morgan fingerprint density at radius 2 is 1.92 bits per heavy atom. The van der Waals surface area contributed by atoms with E-state index in [2.05, 4.69) is 10.6 Å². The summed E-state index contributed by atoms with van der Waals surface area (Å²) in [6.45, 7) is 0. The first-order valence-electron chi connectivity index (χ1n) is 7.46. The van der Waals surface area contributed by atoms with Crippen LogP contribution in [0, 0.1) is 0 Å². The minimum atomic E-state index is -1.03. The third kappa shape index (κ3) is 2.66. The second-order valence-electron chi connectivity index (χ2n) is 5.78. The molecular formula is C16H18N4O4. The van der Waals surface area contributed by atoms with Crippen molar-refractivity contribution in [2.45, 2.75) is 18.4 Å². The number of fused-ring (bicyclic) bond motifs is 1. The van der Waals surface area contributed by atoms with E-state index in [0.717, 1.165) is 22.1 Å². The number of nitrogens with one attached hydrogen (secondary N) is 2. The van der Waals surface area contributed by atoms with Gasteiger partial charge in [0.25, 0.3) is 5.91 Å². The SMILES string of the molecule is CN1C(=O)C2NC(c3ccccc3C=CC(=O)O)NC2N(C)C1=O. The number of carbonyl (C=O) groups is 3. The number of likely N-dealkylation sites (N-methyl/N-ethyl adjacent to an activating group) is 2. The topological polar surface area (TPSA) is 102 Å². The summed E-state index contributed by atoms with van der Waals surface area (Å²) in [4.78, 5) is 37.7. The molecule has 0 saturated carbocycles.